The minimum atomic E-state index is -0.104. The van der Waals surface area contributed by atoms with E-state index in [4.69, 9.17) is 0 Å². The van der Waals surface area contributed by atoms with Crippen LogP contribution in [0.5, 0.6) is 0 Å². The maximum absolute atomic E-state index is 11.7. The molecule has 3 heteroatoms. The van der Waals surface area contributed by atoms with Crippen molar-refractivity contribution in [2.45, 2.75) is 13.8 Å². The van der Waals surface area contributed by atoms with Gasteiger partial charge in [-0.05, 0) is 30.9 Å². The van der Waals surface area contributed by atoms with Crippen LogP contribution < -0.4 is 5.56 Å². The normalized spacial score (nSPS) is 12.5. The van der Waals surface area contributed by atoms with Gasteiger partial charge < -0.3 is 4.98 Å². The fourth-order valence-corrected chi connectivity index (χ4v) is 1.86. The van der Waals surface area contributed by atoms with Gasteiger partial charge in [0.25, 0.3) is 5.56 Å². The van der Waals surface area contributed by atoms with Gasteiger partial charge in [0.1, 0.15) is 0 Å². The van der Waals surface area contributed by atoms with Gasteiger partial charge in [-0.2, -0.15) is 0 Å². The van der Waals surface area contributed by atoms with Crippen molar-refractivity contribution in [3.8, 4) is 0 Å². The average Bonchev–Trinajstić information content (AvgIpc) is 2.37. The lowest BCUT2D eigenvalue weighted by Gasteiger charge is -2.06. The molecule has 0 saturated carbocycles. The fourth-order valence-electron chi connectivity index (χ4n) is 1.86. The summed E-state index contributed by atoms with van der Waals surface area (Å²) in [6, 6.07) is 1.87. The molecule has 0 spiro atoms. The molecule has 0 saturated heterocycles. The number of hydrogen-bond donors (Lipinski definition) is 1. The maximum Gasteiger partial charge on any atom is 0.257 e. The molecular formula is C14H14N2O. The SMILES string of the molecule is C/C=C\C(=C/C)c1c[nH]c(=O)c2cnccc12. The van der Waals surface area contributed by atoms with Gasteiger partial charge in [0.15, 0.2) is 0 Å². The molecule has 1 N–H and O–H groups in total. The van der Waals surface area contributed by atoms with Crippen molar-refractivity contribution in [2.75, 3.05) is 0 Å². The molecule has 86 valence electrons. The topological polar surface area (TPSA) is 45.8 Å². The van der Waals surface area contributed by atoms with Gasteiger partial charge in [0.05, 0.1) is 5.39 Å². The van der Waals surface area contributed by atoms with Crippen LogP contribution in [0.15, 0.2) is 47.7 Å². The summed E-state index contributed by atoms with van der Waals surface area (Å²) >= 11 is 0. The standard InChI is InChI=1S/C14H14N2O/c1-3-5-10(4-2)12-9-16-14(17)13-8-15-7-6-11(12)13/h3-9H,1-2H3,(H,16,17)/b5-3-,10-4+. The Morgan fingerprint density at radius 2 is 2.18 bits per heavy atom. The van der Waals surface area contributed by atoms with Crippen molar-refractivity contribution in [2.24, 2.45) is 0 Å². The van der Waals surface area contributed by atoms with Crippen LogP contribution in [-0.2, 0) is 0 Å². The predicted octanol–water partition coefficient (Wildman–Crippen LogP) is 2.90. The quantitative estimate of drug-likeness (QED) is 0.800. The lowest BCUT2D eigenvalue weighted by molar-refractivity contribution is 1.24. The fraction of sp³-hybridized carbons (Fsp3) is 0.143. The number of allylic oxidation sites excluding steroid dienone is 4. The number of nitrogens with one attached hydrogen (secondary N) is 1. The summed E-state index contributed by atoms with van der Waals surface area (Å²) in [6.07, 6.45) is 11.1. The molecule has 0 aromatic carbocycles. The predicted molar refractivity (Wildman–Crippen MR) is 70.8 cm³/mol. The number of aromatic nitrogens is 2. The van der Waals surface area contributed by atoms with E-state index in [0.717, 1.165) is 16.5 Å². The zero-order valence-electron chi connectivity index (χ0n) is 9.90. The van der Waals surface area contributed by atoms with Gasteiger partial charge in [-0.15, -0.1) is 0 Å². The number of pyridine rings is 2. The molecule has 0 bridgehead atoms. The molecule has 0 aliphatic heterocycles. The van der Waals surface area contributed by atoms with E-state index in [1.807, 2.05) is 38.1 Å². The molecule has 2 heterocycles. The van der Waals surface area contributed by atoms with E-state index in [9.17, 15) is 4.79 Å². The third-order valence-electron chi connectivity index (χ3n) is 2.67. The van der Waals surface area contributed by atoms with E-state index in [0.29, 0.717) is 5.39 Å². The van der Waals surface area contributed by atoms with Crippen molar-refractivity contribution in [1.82, 2.24) is 9.97 Å². The summed E-state index contributed by atoms with van der Waals surface area (Å²) in [6.45, 7) is 3.95. The van der Waals surface area contributed by atoms with E-state index in [-0.39, 0.29) is 5.56 Å². The van der Waals surface area contributed by atoms with Gasteiger partial charge in [-0.3, -0.25) is 9.78 Å². The number of aromatic amines is 1. The molecule has 0 aliphatic rings. The van der Waals surface area contributed by atoms with Crippen LogP contribution in [0.1, 0.15) is 19.4 Å². The van der Waals surface area contributed by atoms with Crippen molar-refractivity contribution in [3.63, 3.8) is 0 Å². The average molecular weight is 226 g/mol. The van der Waals surface area contributed by atoms with Gasteiger partial charge in [0, 0.05) is 24.2 Å². The summed E-state index contributed by atoms with van der Waals surface area (Å²) in [4.78, 5) is 18.4. The van der Waals surface area contributed by atoms with Crippen LogP contribution in [-0.4, -0.2) is 9.97 Å². The Hall–Kier alpha value is -2.16. The molecule has 3 nitrogen and oxygen atoms in total. The molecule has 2 aromatic rings. The highest BCUT2D eigenvalue weighted by Crippen LogP contribution is 2.22. The summed E-state index contributed by atoms with van der Waals surface area (Å²) < 4.78 is 0. The molecular weight excluding hydrogens is 212 g/mol. The van der Waals surface area contributed by atoms with E-state index in [1.165, 1.54) is 0 Å². The minimum absolute atomic E-state index is 0.104. The van der Waals surface area contributed by atoms with Crippen LogP contribution in [0.2, 0.25) is 0 Å². The summed E-state index contributed by atoms with van der Waals surface area (Å²) in [5.74, 6) is 0. The zero-order valence-corrected chi connectivity index (χ0v) is 9.90. The van der Waals surface area contributed by atoms with Crippen molar-refractivity contribution >= 4 is 16.3 Å². The second-order valence-corrected chi connectivity index (χ2v) is 3.70. The smallest absolute Gasteiger partial charge is 0.257 e. The number of hydrogen-bond acceptors (Lipinski definition) is 2. The maximum atomic E-state index is 11.7. The van der Waals surface area contributed by atoms with E-state index < -0.39 is 0 Å². The Balaban J connectivity index is 2.79. The van der Waals surface area contributed by atoms with Gasteiger partial charge in [-0.25, -0.2) is 0 Å². The van der Waals surface area contributed by atoms with Gasteiger partial charge in [0.2, 0.25) is 0 Å². The molecule has 0 fully saturated rings. The summed E-state index contributed by atoms with van der Waals surface area (Å²) in [7, 11) is 0. The van der Waals surface area contributed by atoms with E-state index in [1.54, 1.807) is 18.6 Å². The van der Waals surface area contributed by atoms with Crippen molar-refractivity contribution < 1.29 is 0 Å². The van der Waals surface area contributed by atoms with Crippen LogP contribution in [0.25, 0.3) is 16.3 Å². The molecule has 0 unspecified atom stereocenters. The van der Waals surface area contributed by atoms with Gasteiger partial charge in [-0.1, -0.05) is 18.2 Å². The molecule has 2 aromatic heterocycles. The second-order valence-electron chi connectivity index (χ2n) is 3.70. The van der Waals surface area contributed by atoms with Crippen LogP contribution in [0, 0.1) is 0 Å². The lowest BCUT2D eigenvalue weighted by Crippen LogP contribution is -2.07. The minimum Gasteiger partial charge on any atom is -0.328 e. The van der Waals surface area contributed by atoms with E-state index >= 15 is 0 Å². The second kappa shape index (κ2) is 4.78. The van der Waals surface area contributed by atoms with Gasteiger partial charge >= 0.3 is 0 Å². The summed E-state index contributed by atoms with van der Waals surface area (Å²) in [5, 5.41) is 1.55. The molecule has 0 amide bonds. The first-order valence-electron chi connectivity index (χ1n) is 5.52. The highest BCUT2D eigenvalue weighted by atomic mass is 16.1. The Morgan fingerprint density at radius 1 is 1.35 bits per heavy atom. The van der Waals surface area contributed by atoms with Crippen molar-refractivity contribution in [3.05, 3.63) is 58.8 Å². The Morgan fingerprint density at radius 3 is 2.88 bits per heavy atom. The molecule has 0 atom stereocenters. The Labute approximate surface area is 99.5 Å². The third kappa shape index (κ3) is 2.04. The van der Waals surface area contributed by atoms with Crippen molar-refractivity contribution in [1.29, 1.82) is 0 Å². The van der Waals surface area contributed by atoms with Crippen LogP contribution in [0.4, 0.5) is 0 Å². The van der Waals surface area contributed by atoms with Crippen LogP contribution in [0.3, 0.4) is 0 Å². The number of fused-ring (bicyclic) bond motifs is 1. The highest BCUT2D eigenvalue weighted by Gasteiger charge is 2.06. The molecule has 17 heavy (non-hydrogen) atoms. The highest BCUT2D eigenvalue weighted by molar-refractivity contribution is 5.94. The first-order valence-corrected chi connectivity index (χ1v) is 5.52. The monoisotopic (exact) mass is 226 g/mol. The largest absolute Gasteiger partial charge is 0.328 e. The zero-order chi connectivity index (χ0) is 12.3. The molecule has 0 radical (unpaired) electrons. The Bertz CT molecular complexity index is 651. The van der Waals surface area contributed by atoms with Crippen LogP contribution >= 0.6 is 0 Å². The lowest BCUT2D eigenvalue weighted by atomic mass is 10.0. The summed E-state index contributed by atoms with van der Waals surface area (Å²) in [5.41, 5.74) is 2.00. The Kier molecular flexibility index (Phi) is 3.19. The van der Waals surface area contributed by atoms with E-state index in [2.05, 4.69) is 9.97 Å². The first kappa shape index (κ1) is 11.3. The number of nitrogens with zero attached hydrogens (tertiary/aromatic N) is 1. The molecule has 2 rings (SSSR count). The third-order valence-corrected chi connectivity index (χ3v) is 2.67. The molecule has 0 aliphatic carbocycles. The number of H-pyrrole nitrogens is 1. The number of rotatable bonds is 2. The first-order chi connectivity index (χ1) is 8.27.